The molecular weight excluding hydrogens is 454 g/mol. The summed E-state index contributed by atoms with van der Waals surface area (Å²) in [6.45, 7) is 1.88. The van der Waals surface area contributed by atoms with Gasteiger partial charge in [0.2, 0.25) is 0 Å². The predicted octanol–water partition coefficient (Wildman–Crippen LogP) is 4.91. The van der Waals surface area contributed by atoms with Crippen LogP contribution < -0.4 is 15.1 Å². The summed E-state index contributed by atoms with van der Waals surface area (Å²) in [6, 6.07) is 13.5. The van der Waals surface area contributed by atoms with Gasteiger partial charge in [0.25, 0.3) is 0 Å². The normalized spacial score (nSPS) is 10.8. The lowest BCUT2D eigenvalue weighted by atomic mass is 10.1. The van der Waals surface area contributed by atoms with Crippen molar-refractivity contribution in [2.75, 3.05) is 6.61 Å². The number of carbonyl (C=O) groups is 1. The highest BCUT2D eigenvalue weighted by Crippen LogP contribution is 2.22. The predicted molar refractivity (Wildman–Crippen MR) is 120 cm³/mol. The molecule has 9 heteroatoms. The van der Waals surface area contributed by atoms with E-state index in [9.17, 15) is 9.59 Å². The van der Waals surface area contributed by atoms with Crippen molar-refractivity contribution in [2.45, 2.75) is 20.1 Å². The van der Waals surface area contributed by atoms with Crippen LogP contribution in [0.4, 0.5) is 0 Å². The second-order valence-corrected chi connectivity index (χ2v) is 8.21. The highest BCUT2D eigenvalue weighted by molar-refractivity contribution is 7.09. The molecule has 0 bridgehead atoms. The van der Waals surface area contributed by atoms with Crippen molar-refractivity contribution in [2.24, 2.45) is 0 Å². The van der Waals surface area contributed by atoms with Gasteiger partial charge in [0.05, 0.1) is 5.69 Å². The van der Waals surface area contributed by atoms with Crippen molar-refractivity contribution >= 4 is 39.9 Å². The summed E-state index contributed by atoms with van der Waals surface area (Å²) in [5, 5.41) is 4.01. The minimum Gasteiger partial charge on any atom is -0.486 e. The lowest BCUT2D eigenvalue weighted by Crippen LogP contribution is -2.15. The van der Waals surface area contributed by atoms with Gasteiger partial charge in [-0.3, -0.25) is 0 Å². The molecule has 2 aromatic heterocycles. The topological polar surface area (TPSA) is 87.9 Å². The molecule has 164 valence electrons. The SMILES string of the molecule is Cc1cc(=O)oc2cc(OCC(=O)OCc3csc(COc4ccc(Cl)cc4)n3)ccc12. The molecule has 7 nitrogen and oxygen atoms in total. The van der Waals surface area contributed by atoms with Crippen LogP contribution in [-0.2, 0) is 22.7 Å². The standard InChI is InChI=1S/C23H18ClNO6S/c1-14-8-22(26)31-20-9-18(6-7-19(14)20)29-12-23(27)30-10-16-13-32-21(25-16)11-28-17-4-2-15(24)3-5-17/h2-9,13H,10-12H2,1H3. The van der Waals surface area contributed by atoms with E-state index in [1.165, 1.54) is 17.4 Å². The van der Waals surface area contributed by atoms with Gasteiger partial charge in [-0.25, -0.2) is 14.6 Å². The molecule has 0 fully saturated rings. The molecule has 2 heterocycles. The van der Waals surface area contributed by atoms with Crippen LogP contribution in [0.2, 0.25) is 5.02 Å². The van der Waals surface area contributed by atoms with Crippen LogP contribution in [0.1, 0.15) is 16.3 Å². The van der Waals surface area contributed by atoms with E-state index < -0.39 is 11.6 Å². The van der Waals surface area contributed by atoms with Gasteiger partial charge in [-0.1, -0.05) is 11.6 Å². The number of thiazole rings is 1. The summed E-state index contributed by atoms with van der Waals surface area (Å²) >= 11 is 7.27. The van der Waals surface area contributed by atoms with Gasteiger partial charge >= 0.3 is 11.6 Å². The first-order valence-corrected chi connectivity index (χ1v) is 10.9. The van der Waals surface area contributed by atoms with Gasteiger partial charge in [-0.15, -0.1) is 11.3 Å². The first kappa shape index (κ1) is 21.9. The van der Waals surface area contributed by atoms with Gasteiger partial charge in [-0.2, -0.15) is 0 Å². The van der Waals surface area contributed by atoms with Crippen molar-refractivity contribution in [1.82, 2.24) is 4.98 Å². The summed E-state index contributed by atoms with van der Waals surface area (Å²) in [6.07, 6.45) is 0. The minimum atomic E-state index is -0.539. The molecule has 32 heavy (non-hydrogen) atoms. The fourth-order valence-electron chi connectivity index (χ4n) is 2.89. The molecule has 2 aromatic carbocycles. The lowest BCUT2D eigenvalue weighted by Gasteiger charge is -2.07. The van der Waals surface area contributed by atoms with E-state index in [0.29, 0.717) is 34.4 Å². The van der Waals surface area contributed by atoms with Crippen molar-refractivity contribution in [3.8, 4) is 11.5 Å². The Morgan fingerprint density at radius 2 is 1.84 bits per heavy atom. The Morgan fingerprint density at radius 1 is 1.06 bits per heavy atom. The smallest absolute Gasteiger partial charge is 0.344 e. The van der Waals surface area contributed by atoms with E-state index in [0.717, 1.165) is 16.0 Å². The highest BCUT2D eigenvalue weighted by Gasteiger charge is 2.10. The maximum Gasteiger partial charge on any atom is 0.344 e. The number of halogens is 1. The monoisotopic (exact) mass is 471 g/mol. The van der Waals surface area contributed by atoms with E-state index in [1.807, 2.05) is 12.3 Å². The van der Waals surface area contributed by atoms with E-state index >= 15 is 0 Å². The fourth-order valence-corrected chi connectivity index (χ4v) is 3.71. The number of hydrogen-bond acceptors (Lipinski definition) is 8. The number of carbonyl (C=O) groups excluding carboxylic acids is 1. The molecule has 0 spiro atoms. The van der Waals surface area contributed by atoms with E-state index in [2.05, 4.69) is 4.98 Å². The fraction of sp³-hybridized carbons (Fsp3) is 0.174. The molecule has 4 aromatic rings. The summed E-state index contributed by atoms with van der Waals surface area (Å²) in [5.74, 6) is 0.555. The van der Waals surface area contributed by atoms with Crippen molar-refractivity contribution in [3.63, 3.8) is 0 Å². The molecule has 0 saturated carbocycles. The number of benzene rings is 2. The van der Waals surface area contributed by atoms with Crippen LogP contribution in [0.3, 0.4) is 0 Å². The number of rotatable bonds is 8. The average molecular weight is 472 g/mol. The number of hydrogen-bond donors (Lipinski definition) is 0. The molecule has 0 radical (unpaired) electrons. The summed E-state index contributed by atoms with van der Waals surface area (Å²) in [7, 11) is 0. The van der Waals surface area contributed by atoms with Crippen molar-refractivity contribution < 1.29 is 23.4 Å². The van der Waals surface area contributed by atoms with Crippen molar-refractivity contribution in [1.29, 1.82) is 0 Å². The van der Waals surface area contributed by atoms with Crippen LogP contribution in [0.5, 0.6) is 11.5 Å². The maximum atomic E-state index is 12.0. The second kappa shape index (κ2) is 9.84. The number of esters is 1. The number of ether oxygens (including phenoxy) is 3. The van der Waals surface area contributed by atoms with Crippen LogP contribution in [-0.4, -0.2) is 17.6 Å². The molecule has 0 aliphatic heterocycles. The van der Waals surface area contributed by atoms with Gasteiger partial charge in [0, 0.05) is 27.9 Å². The molecule has 0 amide bonds. The quantitative estimate of drug-likeness (QED) is 0.266. The van der Waals surface area contributed by atoms with E-state index in [1.54, 1.807) is 42.5 Å². The lowest BCUT2D eigenvalue weighted by molar-refractivity contribution is -0.147. The summed E-state index contributed by atoms with van der Waals surface area (Å²) in [5.41, 5.74) is 1.40. The summed E-state index contributed by atoms with van der Waals surface area (Å²) in [4.78, 5) is 27.9. The second-order valence-electron chi connectivity index (χ2n) is 6.83. The number of fused-ring (bicyclic) bond motifs is 1. The minimum absolute atomic E-state index is 0.0332. The highest BCUT2D eigenvalue weighted by atomic mass is 35.5. The molecular formula is C23H18ClNO6S. The van der Waals surface area contributed by atoms with E-state index in [4.69, 9.17) is 30.2 Å². The zero-order valence-corrected chi connectivity index (χ0v) is 18.6. The zero-order chi connectivity index (χ0) is 22.5. The first-order chi connectivity index (χ1) is 15.5. The Balaban J connectivity index is 1.25. The zero-order valence-electron chi connectivity index (χ0n) is 17.0. The van der Waals surface area contributed by atoms with Gasteiger partial charge in [0.1, 0.15) is 35.3 Å². The van der Waals surface area contributed by atoms with Gasteiger partial charge < -0.3 is 18.6 Å². The average Bonchev–Trinajstić information content (AvgIpc) is 3.23. The Bertz CT molecular complexity index is 1300. The molecule has 0 aliphatic rings. The number of aromatic nitrogens is 1. The maximum absolute atomic E-state index is 12.0. The van der Waals surface area contributed by atoms with Crippen LogP contribution in [0.15, 0.2) is 63.1 Å². The van der Waals surface area contributed by atoms with Crippen LogP contribution in [0.25, 0.3) is 11.0 Å². The first-order valence-electron chi connectivity index (χ1n) is 9.61. The molecule has 0 atom stereocenters. The summed E-state index contributed by atoms with van der Waals surface area (Å²) < 4.78 is 21.5. The van der Waals surface area contributed by atoms with Gasteiger partial charge in [-0.05, 0) is 48.9 Å². The Hall–Kier alpha value is -3.36. The third-order valence-corrected chi connectivity index (χ3v) is 5.56. The third-order valence-electron chi connectivity index (χ3n) is 4.44. The molecule has 0 saturated heterocycles. The van der Waals surface area contributed by atoms with Crippen LogP contribution >= 0.6 is 22.9 Å². The van der Waals surface area contributed by atoms with Gasteiger partial charge in [0.15, 0.2) is 6.61 Å². The molecule has 4 rings (SSSR count). The van der Waals surface area contributed by atoms with Crippen molar-refractivity contribution in [3.05, 3.63) is 85.6 Å². The Labute approximate surface area is 192 Å². The Morgan fingerprint density at radius 3 is 2.66 bits per heavy atom. The largest absolute Gasteiger partial charge is 0.486 e. The molecule has 0 N–H and O–H groups in total. The number of aryl methyl sites for hydroxylation is 1. The third kappa shape index (κ3) is 5.66. The molecule has 0 aliphatic carbocycles. The van der Waals surface area contributed by atoms with Crippen LogP contribution in [0, 0.1) is 6.92 Å². The molecule has 0 unspecified atom stereocenters. The van der Waals surface area contributed by atoms with E-state index in [-0.39, 0.29) is 13.2 Å². The Kier molecular flexibility index (Phi) is 6.72. The number of nitrogens with zero attached hydrogens (tertiary/aromatic N) is 1.